The summed E-state index contributed by atoms with van der Waals surface area (Å²) in [5, 5.41) is 3.04. The van der Waals surface area contributed by atoms with Crippen LogP contribution in [-0.4, -0.2) is 49.2 Å². The molecular weight excluding hydrogens is 204 g/mol. The summed E-state index contributed by atoms with van der Waals surface area (Å²) in [4.78, 5) is 14.0. The van der Waals surface area contributed by atoms with Gasteiger partial charge in [0.1, 0.15) is 6.61 Å². The summed E-state index contributed by atoms with van der Waals surface area (Å²) in [5.41, 5.74) is 0. The van der Waals surface area contributed by atoms with Crippen LogP contribution in [0.4, 0.5) is 0 Å². The van der Waals surface area contributed by atoms with E-state index >= 15 is 0 Å². The highest BCUT2D eigenvalue weighted by atomic mass is 16.5. The van der Waals surface area contributed by atoms with Gasteiger partial charge in [0.15, 0.2) is 0 Å². The number of likely N-dealkylation sites (tertiary alicyclic amines) is 1. The van der Waals surface area contributed by atoms with Crippen molar-refractivity contribution in [1.82, 2.24) is 10.2 Å². The Morgan fingerprint density at radius 2 is 2.00 bits per heavy atom. The van der Waals surface area contributed by atoms with Crippen LogP contribution >= 0.6 is 0 Å². The van der Waals surface area contributed by atoms with Gasteiger partial charge in [-0.2, -0.15) is 0 Å². The summed E-state index contributed by atoms with van der Waals surface area (Å²) in [6.07, 6.45) is 4.94. The number of ether oxygens (including phenoxy) is 1. The third-order valence-electron chi connectivity index (χ3n) is 3.40. The lowest BCUT2D eigenvalue weighted by Gasteiger charge is -2.32. The van der Waals surface area contributed by atoms with E-state index in [1.165, 1.54) is 12.8 Å². The predicted octanol–water partition coefficient (Wildman–Crippen LogP) is 0.766. The van der Waals surface area contributed by atoms with Crippen molar-refractivity contribution < 1.29 is 9.53 Å². The standard InChI is InChI=1S/C12H22N2O2/c1-2-16-9-12(15)13-10-5-7-14(8-6-10)11-3-4-11/h10-11H,2-9H2,1H3,(H,13,15). The topological polar surface area (TPSA) is 41.6 Å². The second-order valence-electron chi connectivity index (χ2n) is 4.75. The molecule has 0 aromatic rings. The Bertz CT molecular complexity index is 233. The van der Waals surface area contributed by atoms with Crippen LogP contribution in [0.1, 0.15) is 32.6 Å². The van der Waals surface area contributed by atoms with E-state index in [0.717, 1.165) is 32.0 Å². The molecule has 0 aromatic heterocycles. The fourth-order valence-electron chi connectivity index (χ4n) is 2.31. The van der Waals surface area contributed by atoms with Crippen LogP contribution in [0.15, 0.2) is 0 Å². The van der Waals surface area contributed by atoms with Crippen molar-refractivity contribution in [2.45, 2.75) is 44.7 Å². The van der Waals surface area contributed by atoms with E-state index in [2.05, 4.69) is 10.2 Å². The first-order chi connectivity index (χ1) is 7.79. The maximum atomic E-state index is 11.4. The minimum atomic E-state index is 0.0340. The van der Waals surface area contributed by atoms with E-state index in [1.807, 2.05) is 6.92 Å². The molecule has 0 unspecified atom stereocenters. The van der Waals surface area contributed by atoms with Gasteiger partial charge < -0.3 is 15.0 Å². The molecule has 0 aromatic carbocycles. The van der Waals surface area contributed by atoms with Crippen molar-refractivity contribution >= 4 is 5.91 Å². The number of carbonyl (C=O) groups is 1. The molecule has 0 radical (unpaired) electrons. The molecule has 1 saturated heterocycles. The molecule has 1 heterocycles. The number of piperidine rings is 1. The summed E-state index contributed by atoms with van der Waals surface area (Å²) in [6.45, 7) is 5.00. The second kappa shape index (κ2) is 5.64. The van der Waals surface area contributed by atoms with Crippen molar-refractivity contribution in [3.05, 3.63) is 0 Å². The quantitative estimate of drug-likeness (QED) is 0.752. The second-order valence-corrected chi connectivity index (χ2v) is 4.75. The molecule has 0 atom stereocenters. The van der Waals surface area contributed by atoms with E-state index in [4.69, 9.17) is 4.74 Å². The van der Waals surface area contributed by atoms with E-state index in [9.17, 15) is 4.79 Å². The molecule has 16 heavy (non-hydrogen) atoms. The largest absolute Gasteiger partial charge is 0.372 e. The van der Waals surface area contributed by atoms with Crippen molar-refractivity contribution in [1.29, 1.82) is 0 Å². The monoisotopic (exact) mass is 226 g/mol. The predicted molar refractivity (Wildman–Crippen MR) is 62.3 cm³/mol. The average Bonchev–Trinajstić information content (AvgIpc) is 3.11. The molecule has 2 aliphatic rings. The lowest BCUT2D eigenvalue weighted by Crippen LogP contribution is -2.46. The lowest BCUT2D eigenvalue weighted by atomic mass is 10.0. The van der Waals surface area contributed by atoms with E-state index in [0.29, 0.717) is 12.6 Å². The molecule has 0 spiro atoms. The number of hydrogen-bond acceptors (Lipinski definition) is 3. The zero-order valence-electron chi connectivity index (χ0n) is 10.1. The third kappa shape index (κ3) is 3.46. The third-order valence-corrected chi connectivity index (χ3v) is 3.40. The number of carbonyl (C=O) groups excluding carboxylic acids is 1. The summed E-state index contributed by atoms with van der Waals surface area (Å²) in [6, 6.07) is 1.23. The van der Waals surface area contributed by atoms with Crippen LogP contribution in [0.2, 0.25) is 0 Å². The zero-order chi connectivity index (χ0) is 11.4. The van der Waals surface area contributed by atoms with Gasteiger partial charge in [0.05, 0.1) is 0 Å². The zero-order valence-corrected chi connectivity index (χ0v) is 10.1. The molecule has 1 N–H and O–H groups in total. The SMILES string of the molecule is CCOCC(=O)NC1CCN(C2CC2)CC1. The Morgan fingerprint density at radius 1 is 1.31 bits per heavy atom. The summed E-state index contributed by atoms with van der Waals surface area (Å²) < 4.78 is 5.08. The van der Waals surface area contributed by atoms with Crippen LogP contribution in [0.5, 0.6) is 0 Å². The molecule has 0 bridgehead atoms. The summed E-state index contributed by atoms with van der Waals surface area (Å²) >= 11 is 0. The van der Waals surface area contributed by atoms with Crippen molar-refractivity contribution in [2.24, 2.45) is 0 Å². The van der Waals surface area contributed by atoms with Gasteiger partial charge >= 0.3 is 0 Å². The van der Waals surface area contributed by atoms with Crippen LogP contribution in [0.3, 0.4) is 0 Å². The van der Waals surface area contributed by atoms with Crippen molar-refractivity contribution in [3.8, 4) is 0 Å². The molecule has 1 saturated carbocycles. The molecular formula is C12H22N2O2. The maximum absolute atomic E-state index is 11.4. The fraction of sp³-hybridized carbons (Fsp3) is 0.917. The van der Waals surface area contributed by atoms with Crippen LogP contribution in [0, 0.1) is 0 Å². The van der Waals surface area contributed by atoms with Crippen LogP contribution in [0.25, 0.3) is 0 Å². The van der Waals surface area contributed by atoms with Gasteiger partial charge in [-0.3, -0.25) is 4.79 Å². The first-order valence-electron chi connectivity index (χ1n) is 6.40. The molecule has 1 aliphatic carbocycles. The van der Waals surface area contributed by atoms with Gasteiger partial charge in [-0.15, -0.1) is 0 Å². The van der Waals surface area contributed by atoms with Gasteiger partial charge in [-0.25, -0.2) is 0 Å². The minimum absolute atomic E-state index is 0.0340. The Hall–Kier alpha value is -0.610. The Kier molecular flexibility index (Phi) is 4.18. The highest BCUT2D eigenvalue weighted by Crippen LogP contribution is 2.29. The minimum Gasteiger partial charge on any atom is -0.372 e. The van der Waals surface area contributed by atoms with E-state index in [-0.39, 0.29) is 12.5 Å². The molecule has 92 valence electrons. The van der Waals surface area contributed by atoms with Gasteiger partial charge in [-0.1, -0.05) is 0 Å². The maximum Gasteiger partial charge on any atom is 0.246 e. The normalized spacial score (nSPS) is 23.3. The molecule has 2 fully saturated rings. The van der Waals surface area contributed by atoms with Gasteiger partial charge in [0, 0.05) is 31.8 Å². The fourth-order valence-corrected chi connectivity index (χ4v) is 2.31. The van der Waals surface area contributed by atoms with Gasteiger partial charge in [0.2, 0.25) is 5.91 Å². The number of nitrogens with one attached hydrogen (secondary N) is 1. The van der Waals surface area contributed by atoms with E-state index in [1.54, 1.807) is 0 Å². The lowest BCUT2D eigenvalue weighted by molar-refractivity contribution is -0.126. The summed E-state index contributed by atoms with van der Waals surface area (Å²) in [7, 11) is 0. The molecule has 1 amide bonds. The average molecular weight is 226 g/mol. The first kappa shape index (κ1) is 11.9. The number of nitrogens with zero attached hydrogens (tertiary/aromatic N) is 1. The molecule has 2 rings (SSSR count). The number of hydrogen-bond donors (Lipinski definition) is 1. The summed E-state index contributed by atoms with van der Waals surface area (Å²) in [5.74, 6) is 0.0340. The van der Waals surface area contributed by atoms with Gasteiger partial charge in [-0.05, 0) is 32.6 Å². The Balaban J connectivity index is 1.62. The number of rotatable bonds is 5. The smallest absolute Gasteiger partial charge is 0.246 e. The number of amides is 1. The molecule has 4 nitrogen and oxygen atoms in total. The highest BCUT2D eigenvalue weighted by Gasteiger charge is 2.31. The van der Waals surface area contributed by atoms with Gasteiger partial charge in [0.25, 0.3) is 0 Å². The molecule has 4 heteroatoms. The Morgan fingerprint density at radius 3 is 2.56 bits per heavy atom. The first-order valence-corrected chi connectivity index (χ1v) is 6.40. The van der Waals surface area contributed by atoms with Crippen LogP contribution in [-0.2, 0) is 9.53 Å². The van der Waals surface area contributed by atoms with Crippen molar-refractivity contribution in [2.75, 3.05) is 26.3 Å². The van der Waals surface area contributed by atoms with E-state index < -0.39 is 0 Å². The molecule has 1 aliphatic heterocycles. The highest BCUT2D eigenvalue weighted by molar-refractivity contribution is 5.77. The Labute approximate surface area is 97.3 Å². The van der Waals surface area contributed by atoms with Crippen LogP contribution < -0.4 is 5.32 Å². The van der Waals surface area contributed by atoms with Crippen molar-refractivity contribution in [3.63, 3.8) is 0 Å².